The number of guanidine groups is 1. The average molecular weight is 440 g/mol. The van der Waals surface area contributed by atoms with Gasteiger partial charge in [-0.1, -0.05) is 26.7 Å². The molecule has 0 aliphatic carbocycles. The van der Waals surface area contributed by atoms with Crippen LogP contribution in [0.25, 0.3) is 0 Å². The zero-order valence-electron chi connectivity index (χ0n) is 15.6. The molecule has 0 aromatic carbocycles. The van der Waals surface area contributed by atoms with Gasteiger partial charge in [-0.25, -0.2) is 0 Å². The summed E-state index contributed by atoms with van der Waals surface area (Å²) in [7, 11) is 0. The van der Waals surface area contributed by atoms with Gasteiger partial charge in [0.05, 0.1) is 19.8 Å². The van der Waals surface area contributed by atoms with Crippen molar-refractivity contribution >= 4 is 29.9 Å². The van der Waals surface area contributed by atoms with Gasteiger partial charge < -0.3 is 15.4 Å². The molecule has 0 aromatic rings. The molecular formula is C17H37IN4O. The van der Waals surface area contributed by atoms with Crippen molar-refractivity contribution in [1.82, 2.24) is 15.5 Å². The molecule has 0 aromatic heterocycles. The predicted octanol–water partition coefficient (Wildman–Crippen LogP) is 2.70. The van der Waals surface area contributed by atoms with Gasteiger partial charge >= 0.3 is 0 Å². The summed E-state index contributed by atoms with van der Waals surface area (Å²) in [5.41, 5.74) is 0. The first kappa shape index (κ1) is 22.9. The van der Waals surface area contributed by atoms with Crippen LogP contribution in [0.15, 0.2) is 4.99 Å². The summed E-state index contributed by atoms with van der Waals surface area (Å²) < 4.78 is 5.51. The van der Waals surface area contributed by atoms with E-state index in [1.165, 1.54) is 12.8 Å². The van der Waals surface area contributed by atoms with Gasteiger partial charge in [0.2, 0.25) is 0 Å². The van der Waals surface area contributed by atoms with Crippen LogP contribution in [0.3, 0.4) is 0 Å². The maximum Gasteiger partial charge on any atom is 0.191 e. The highest BCUT2D eigenvalue weighted by Gasteiger charge is 2.26. The molecule has 1 aliphatic heterocycles. The van der Waals surface area contributed by atoms with E-state index in [2.05, 4.69) is 50.2 Å². The molecule has 1 atom stereocenters. The predicted molar refractivity (Wildman–Crippen MR) is 110 cm³/mol. The SMILES string of the molecule is CCNC(=NCC(C(CC)CC)N1CCOCC1)NC(C)C.I. The number of hydrogen-bond acceptors (Lipinski definition) is 3. The summed E-state index contributed by atoms with van der Waals surface area (Å²) in [5.74, 6) is 1.63. The fourth-order valence-electron chi connectivity index (χ4n) is 3.08. The summed E-state index contributed by atoms with van der Waals surface area (Å²) in [5, 5.41) is 6.75. The topological polar surface area (TPSA) is 48.9 Å². The normalized spacial score (nSPS) is 18.0. The first-order valence-corrected chi connectivity index (χ1v) is 8.98. The van der Waals surface area contributed by atoms with Gasteiger partial charge in [-0.2, -0.15) is 0 Å². The van der Waals surface area contributed by atoms with Crippen LogP contribution in [0.5, 0.6) is 0 Å². The van der Waals surface area contributed by atoms with E-state index in [-0.39, 0.29) is 24.0 Å². The molecule has 5 nitrogen and oxygen atoms in total. The third-order valence-corrected chi connectivity index (χ3v) is 4.31. The summed E-state index contributed by atoms with van der Waals surface area (Å²) >= 11 is 0. The summed E-state index contributed by atoms with van der Waals surface area (Å²) in [6, 6.07) is 0.911. The Bertz CT molecular complexity index is 316. The van der Waals surface area contributed by atoms with Crippen molar-refractivity contribution in [2.45, 2.75) is 59.5 Å². The molecule has 6 heteroatoms. The molecule has 1 rings (SSSR count). The molecule has 23 heavy (non-hydrogen) atoms. The second-order valence-corrected chi connectivity index (χ2v) is 6.31. The van der Waals surface area contributed by atoms with Gasteiger partial charge in [-0.05, 0) is 26.7 Å². The van der Waals surface area contributed by atoms with Crippen LogP contribution in [0, 0.1) is 5.92 Å². The van der Waals surface area contributed by atoms with E-state index >= 15 is 0 Å². The van der Waals surface area contributed by atoms with Crippen LogP contribution >= 0.6 is 24.0 Å². The minimum Gasteiger partial charge on any atom is -0.379 e. The van der Waals surface area contributed by atoms with Gasteiger partial charge in [-0.3, -0.25) is 9.89 Å². The second kappa shape index (κ2) is 13.2. The van der Waals surface area contributed by atoms with Crippen molar-refractivity contribution in [2.24, 2.45) is 10.9 Å². The lowest BCUT2D eigenvalue weighted by atomic mass is 9.92. The summed E-state index contributed by atoms with van der Waals surface area (Å²) in [6.07, 6.45) is 2.42. The molecular weight excluding hydrogens is 403 g/mol. The second-order valence-electron chi connectivity index (χ2n) is 6.31. The molecule has 1 heterocycles. The maximum atomic E-state index is 5.51. The highest BCUT2D eigenvalue weighted by Crippen LogP contribution is 2.20. The standard InChI is InChI=1S/C17H36N4O.HI/c1-6-15(7-2)16(21-9-11-22-12-10-21)13-19-17(18-8-3)20-14(4)5;/h14-16H,6-13H2,1-5H3,(H2,18,19,20);1H. The molecule has 0 saturated carbocycles. The molecule has 0 amide bonds. The third-order valence-electron chi connectivity index (χ3n) is 4.31. The Morgan fingerprint density at radius 1 is 1.13 bits per heavy atom. The third kappa shape index (κ3) is 8.54. The van der Waals surface area contributed by atoms with Crippen molar-refractivity contribution in [2.75, 3.05) is 39.4 Å². The van der Waals surface area contributed by atoms with Gasteiger partial charge in [-0.15, -0.1) is 24.0 Å². The van der Waals surface area contributed by atoms with Crippen molar-refractivity contribution in [3.8, 4) is 0 Å². The number of nitrogens with zero attached hydrogens (tertiary/aromatic N) is 2. The molecule has 1 saturated heterocycles. The zero-order chi connectivity index (χ0) is 16.4. The van der Waals surface area contributed by atoms with Gasteiger partial charge in [0, 0.05) is 31.7 Å². The number of hydrogen-bond donors (Lipinski definition) is 2. The zero-order valence-corrected chi connectivity index (χ0v) is 17.9. The van der Waals surface area contributed by atoms with Gasteiger partial charge in [0.1, 0.15) is 0 Å². The highest BCUT2D eigenvalue weighted by atomic mass is 127. The molecule has 0 spiro atoms. The molecule has 1 aliphatic rings. The van der Waals surface area contributed by atoms with Crippen LogP contribution in [0.4, 0.5) is 0 Å². The monoisotopic (exact) mass is 440 g/mol. The maximum absolute atomic E-state index is 5.51. The number of rotatable bonds is 8. The quantitative estimate of drug-likeness (QED) is 0.346. The van der Waals surface area contributed by atoms with E-state index < -0.39 is 0 Å². The van der Waals surface area contributed by atoms with E-state index in [0.717, 1.165) is 45.4 Å². The number of nitrogens with one attached hydrogen (secondary N) is 2. The van der Waals surface area contributed by atoms with Crippen molar-refractivity contribution < 1.29 is 4.74 Å². The van der Waals surface area contributed by atoms with Crippen molar-refractivity contribution in [3.05, 3.63) is 0 Å². The lowest BCUT2D eigenvalue weighted by Crippen LogP contribution is -2.49. The van der Waals surface area contributed by atoms with Crippen molar-refractivity contribution in [3.63, 3.8) is 0 Å². The first-order valence-electron chi connectivity index (χ1n) is 8.98. The molecule has 1 fully saturated rings. The largest absolute Gasteiger partial charge is 0.379 e. The van der Waals surface area contributed by atoms with Gasteiger partial charge in [0.15, 0.2) is 5.96 Å². The van der Waals surface area contributed by atoms with Crippen LogP contribution in [0.2, 0.25) is 0 Å². The number of ether oxygens (including phenoxy) is 1. The fourth-order valence-corrected chi connectivity index (χ4v) is 3.08. The Hall–Kier alpha value is -0.0800. The lowest BCUT2D eigenvalue weighted by molar-refractivity contribution is 0.00395. The van der Waals surface area contributed by atoms with Crippen LogP contribution in [-0.4, -0.2) is 62.3 Å². The smallest absolute Gasteiger partial charge is 0.191 e. The van der Waals surface area contributed by atoms with Gasteiger partial charge in [0.25, 0.3) is 0 Å². The Kier molecular flexibility index (Phi) is 13.2. The number of aliphatic imine (C=N–C) groups is 1. The fraction of sp³-hybridized carbons (Fsp3) is 0.941. The van der Waals surface area contributed by atoms with E-state index in [1.54, 1.807) is 0 Å². The minimum atomic E-state index is 0. The minimum absolute atomic E-state index is 0. The molecule has 2 N–H and O–H groups in total. The van der Waals surface area contributed by atoms with Crippen molar-refractivity contribution in [1.29, 1.82) is 0 Å². The van der Waals surface area contributed by atoms with Crippen LogP contribution in [0.1, 0.15) is 47.5 Å². The molecule has 138 valence electrons. The average Bonchev–Trinajstić information content (AvgIpc) is 2.51. The Morgan fingerprint density at radius 2 is 1.74 bits per heavy atom. The highest BCUT2D eigenvalue weighted by molar-refractivity contribution is 14.0. The Labute approximate surface area is 160 Å². The Morgan fingerprint density at radius 3 is 2.22 bits per heavy atom. The summed E-state index contributed by atoms with van der Waals surface area (Å²) in [6.45, 7) is 16.5. The van der Waals surface area contributed by atoms with E-state index in [0.29, 0.717) is 18.0 Å². The molecule has 0 bridgehead atoms. The number of morpholine rings is 1. The Balaban J connectivity index is 0.00000484. The number of halogens is 1. The van der Waals surface area contributed by atoms with E-state index in [4.69, 9.17) is 9.73 Å². The van der Waals surface area contributed by atoms with E-state index in [1.807, 2.05) is 0 Å². The van der Waals surface area contributed by atoms with Crippen LogP contribution in [-0.2, 0) is 4.74 Å². The molecule has 0 radical (unpaired) electrons. The lowest BCUT2D eigenvalue weighted by Gasteiger charge is -2.38. The summed E-state index contributed by atoms with van der Waals surface area (Å²) in [4.78, 5) is 7.43. The van der Waals surface area contributed by atoms with Crippen LogP contribution < -0.4 is 10.6 Å². The molecule has 1 unspecified atom stereocenters. The first-order chi connectivity index (χ1) is 10.6. The van der Waals surface area contributed by atoms with E-state index in [9.17, 15) is 0 Å².